The molecule has 0 aromatic heterocycles. The molecule has 0 rings (SSSR count). The Morgan fingerprint density at radius 1 is 0.429 bits per heavy atom. The standard InChI is InChI=1S/C7H16.7H2O/c1-3-5-7-6-4-2;;;;;;;/h3-7H2,1-2H3;7*1H2. The summed E-state index contributed by atoms with van der Waals surface area (Å²) in [6.45, 7) is 4.49. The first-order valence-electron chi connectivity index (χ1n) is 3.41. The van der Waals surface area contributed by atoms with E-state index in [-0.39, 0.29) is 38.3 Å². The molecule has 0 atom stereocenters. The fraction of sp³-hybridized carbons (Fsp3) is 1.00. The Morgan fingerprint density at radius 3 is 0.786 bits per heavy atom. The zero-order chi connectivity index (χ0) is 5.54. The Hall–Kier alpha value is -0.280. The summed E-state index contributed by atoms with van der Waals surface area (Å²) >= 11 is 0. The van der Waals surface area contributed by atoms with E-state index in [1.54, 1.807) is 0 Å². The van der Waals surface area contributed by atoms with Gasteiger partial charge in [0.2, 0.25) is 0 Å². The van der Waals surface area contributed by atoms with Crippen molar-refractivity contribution in [3.8, 4) is 0 Å². The molecule has 0 aliphatic rings. The van der Waals surface area contributed by atoms with Crippen LogP contribution in [0.2, 0.25) is 0 Å². The lowest BCUT2D eigenvalue weighted by atomic mass is 10.2. The predicted molar refractivity (Wildman–Crippen MR) is 59.7 cm³/mol. The van der Waals surface area contributed by atoms with Crippen LogP contribution in [-0.2, 0) is 0 Å². The summed E-state index contributed by atoms with van der Waals surface area (Å²) in [7, 11) is 0. The lowest BCUT2D eigenvalue weighted by Crippen LogP contribution is -1.70. The Balaban J connectivity index is -0.00000000857. The monoisotopic (exact) mass is 226 g/mol. The molecule has 0 aromatic carbocycles. The summed E-state index contributed by atoms with van der Waals surface area (Å²) < 4.78 is 0. The largest absolute Gasteiger partial charge is 0.412 e. The molecule has 7 nitrogen and oxygen atoms in total. The summed E-state index contributed by atoms with van der Waals surface area (Å²) in [5.74, 6) is 0. The van der Waals surface area contributed by atoms with E-state index in [4.69, 9.17) is 0 Å². The van der Waals surface area contributed by atoms with Crippen LogP contribution < -0.4 is 0 Å². The highest BCUT2D eigenvalue weighted by molar-refractivity contribution is 4.35. The molecular formula is C7H30O7. The Morgan fingerprint density at radius 2 is 0.643 bits per heavy atom. The van der Waals surface area contributed by atoms with Crippen LogP contribution in [-0.4, -0.2) is 38.3 Å². The van der Waals surface area contributed by atoms with Gasteiger partial charge in [0, 0.05) is 0 Å². The molecule has 0 heterocycles. The van der Waals surface area contributed by atoms with Gasteiger partial charge in [-0.2, -0.15) is 0 Å². The van der Waals surface area contributed by atoms with Gasteiger partial charge >= 0.3 is 0 Å². The maximum atomic E-state index is 2.25. The van der Waals surface area contributed by atoms with Crippen molar-refractivity contribution in [3.05, 3.63) is 0 Å². The first-order valence-corrected chi connectivity index (χ1v) is 3.41. The minimum Gasteiger partial charge on any atom is -0.412 e. The van der Waals surface area contributed by atoms with Crippen LogP contribution in [0.4, 0.5) is 0 Å². The molecule has 0 fully saturated rings. The molecule has 0 aliphatic carbocycles. The van der Waals surface area contributed by atoms with E-state index in [1.807, 2.05) is 0 Å². The zero-order valence-corrected chi connectivity index (χ0v) is 9.04. The minimum absolute atomic E-state index is 0. The Bertz CT molecular complexity index is 33.2. The summed E-state index contributed by atoms with van der Waals surface area (Å²) in [4.78, 5) is 0. The van der Waals surface area contributed by atoms with Gasteiger partial charge in [-0.05, 0) is 0 Å². The Labute approximate surface area is 85.3 Å². The third kappa shape index (κ3) is 97.3. The van der Waals surface area contributed by atoms with Gasteiger partial charge in [-0.3, -0.25) is 0 Å². The number of hydrogen-bond acceptors (Lipinski definition) is 0. The first kappa shape index (κ1) is 67.8. The van der Waals surface area contributed by atoms with Crippen molar-refractivity contribution in [2.24, 2.45) is 0 Å². The lowest BCUT2D eigenvalue weighted by Gasteiger charge is -1.90. The highest BCUT2D eigenvalue weighted by Crippen LogP contribution is 2.00. The van der Waals surface area contributed by atoms with Gasteiger partial charge in [-0.15, -0.1) is 0 Å². The van der Waals surface area contributed by atoms with Crippen molar-refractivity contribution in [2.75, 3.05) is 0 Å². The molecule has 0 spiro atoms. The molecule has 0 aromatic rings. The number of rotatable bonds is 4. The van der Waals surface area contributed by atoms with Crippen LogP contribution in [0.1, 0.15) is 46.0 Å². The van der Waals surface area contributed by atoms with Gasteiger partial charge in [-0.1, -0.05) is 46.0 Å². The number of hydrogen-bond donors (Lipinski definition) is 0. The lowest BCUT2D eigenvalue weighted by molar-refractivity contribution is 0.656. The van der Waals surface area contributed by atoms with E-state index in [0.29, 0.717) is 0 Å². The molecule has 100 valence electrons. The molecule has 0 amide bonds. The first-order chi connectivity index (χ1) is 3.41. The van der Waals surface area contributed by atoms with Crippen LogP contribution in [0.25, 0.3) is 0 Å². The van der Waals surface area contributed by atoms with Gasteiger partial charge in [0.1, 0.15) is 0 Å². The van der Waals surface area contributed by atoms with E-state index in [9.17, 15) is 0 Å². The second-order valence-electron chi connectivity index (χ2n) is 2.06. The molecule has 0 saturated heterocycles. The van der Waals surface area contributed by atoms with Gasteiger partial charge in [0.05, 0.1) is 0 Å². The maximum absolute atomic E-state index is 2.25. The smallest absolute Gasteiger partial charge is 0.0533 e. The zero-order valence-electron chi connectivity index (χ0n) is 9.04. The topological polar surface area (TPSA) is 220 Å². The quantitative estimate of drug-likeness (QED) is 0.443. The van der Waals surface area contributed by atoms with E-state index in [1.165, 1.54) is 32.1 Å². The van der Waals surface area contributed by atoms with Crippen LogP contribution in [0.5, 0.6) is 0 Å². The molecule has 0 bridgehead atoms. The molecule has 0 aliphatic heterocycles. The maximum Gasteiger partial charge on any atom is -0.0533 e. The van der Waals surface area contributed by atoms with Crippen molar-refractivity contribution in [3.63, 3.8) is 0 Å². The highest BCUT2D eigenvalue weighted by Gasteiger charge is 1.80. The van der Waals surface area contributed by atoms with Crippen LogP contribution in [0.15, 0.2) is 0 Å². The van der Waals surface area contributed by atoms with E-state index >= 15 is 0 Å². The second kappa shape index (κ2) is 78.4. The van der Waals surface area contributed by atoms with Crippen molar-refractivity contribution in [2.45, 2.75) is 46.0 Å². The van der Waals surface area contributed by atoms with Gasteiger partial charge in [0.15, 0.2) is 0 Å². The predicted octanol–water partition coefficient (Wildman–Crippen LogP) is -2.80. The summed E-state index contributed by atoms with van der Waals surface area (Å²) in [6, 6.07) is 0. The van der Waals surface area contributed by atoms with Gasteiger partial charge in [-0.25, -0.2) is 0 Å². The average Bonchev–Trinajstić information content (AvgIpc) is 1.69. The SMILES string of the molecule is CCCCCCC.O.O.O.O.O.O.O. The van der Waals surface area contributed by atoms with E-state index < -0.39 is 0 Å². The third-order valence-electron chi connectivity index (χ3n) is 1.21. The third-order valence-corrected chi connectivity index (χ3v) is 1.21. The summed E-state index contributed by atoms with van der Waals surface area (Å²) in [5, 5.41) is 0. The summed E-state index contributed by atoms with van der Waals surface area (Å²) in [5.41, 5.74) is 0. The van der Waals surface area contributed by atoms with Crippen molar-refractivity contribution >= 4 is 0 Å². The molecule has 14 heavy (non-hydrogen) atoms. The van der Waals surface area contributed by atoms with Crippen molar-refractivity contribution in [1.29, 1.82) is 0 Å². The molecule has 0 saturated carbocycles. The van der Waals surface area contributed by atoms with Crippen molar-refractivity contribution < 1.29 is 38.3 Å². The molecule has 7 heteroatoms. The van der Waals surface area contributed by atoms with Crippen LogP contribution in [0.3, 0.4) is 0 Å². The van der Waals surface area contributed by atoms with Gasteiger partial charge in [0.25, 0.3) is 0 Å². The van der Waals surface area contributed by atoms with E-state index in [0.717, 1.165) is 0 Å². The Kier molecular flexibility index (Phi) is 380. The fourth-order valence-electron chi connectivity index (χ4n) is 0.677. The molecule has 0 radical (unpaired) electrons. The van der Waals surface area contributed by atoms with Gasteiger partial charge < -0.3 is 38.3 Å². The molecular weight excluding hydrogens is 196 g/mol. The fourth-order valence-corrected chi connectivity index (χ4v) is 0.677. The highest BCUT2D eigenvalue weighted by atomic mass is 16.0. The van der Waals surface area contributed by atoms with Crippen LogP contribution in [0, 0.1) is 0 Å². The van der Waals surface area contributed by atoms with E-state index in [2.05, 4.69) is 13.8 Å². The second-order valence-corrected chi connectivity index (χ2v) is 2.06. The average molecular weight is 226 g/mol. The normalized spacial score (nSPS) is 4.71. The van der Waals surface area contributed by atoms with Crippen molar-refractivity contribution in [1.82, 2.24) is 0 Å². The molecule has 0 unspecified atom stereocenters. The number of unbranched alkanes of at least 4 members (excludes halogenated alkanes) is 4. The summed E-state index contributed by atoms with van der Waals surface area (Å²) in [6.07, 6.45) is 7.01. The van der Waals surface area contributed by atoms with Crippen LogP contribution >= 0.6 is 0 Å². The molecule has 14 N–H and O–H groups in total. The minimum atomic E-state index is 0.